The van der Waals surface area contributed by atoms with Crippen LogP contribution >= 0.6 is 0 Å². The molecule has 2 rings (SSSR count). The lowest BCUT2D eigenvalue weighted by molar-refractivity contribution is 0.237. The van der Waals surface area contributed by atoms with Gasteiger partial charge in [-0.15, -0.1) is 10.2 Å². The molecule has 2 heterocycles. The van der Waals surface area contributed by atoms with Gasteiger partial charge in [0.15, 0.2) is 0 Å². The topological polar surface area (TPSA) is 120 Å². The summed E-state index contributed by atoms with van der Waals surface area (Å²) in [5.41, 5.74) is 5.97. The quantitative estimate of drug-likeness (QED) is 0.731. The Morgan fingerprint density at radius 1 is 1.47 bits per heavy atom. The van der Waals surface area contributed by atoms with Crippen LogP contribution in [0.5, 0.6) is 5.88 Å². The van der Waals surface area contributed by atoms with Gasteiger partial charge in [-0.1, -0.05) is 5.16 Å². The Labute approximate surface area is 96.4 Å². The molecule has 0 aliphatic rings. The first-order valence-electron chi connectivity index (χ1n) is 4.82. The van der Waals surface area contributed by atoms with Crippen LogP contribution in [-0.2, 0) is 0 Å². The number of aromatic nitrogens is 4. The second-order valence-electron chi connectivity index (χ2n) is 3.21. The van der Waals surface area contributed by atoms with Crippen molar-refractivity contribution in [3.8, 4) is 17.4 Å². The third kappa shape index (κ3) is 2.37. The van der Waals surface area contributed by atoms with Crippen molar-refractivity contribution in [1.29, 1.82) is 0 Å². The molecule has 0 amide bonds. The number of hydrogen-bond donors (Lipinski definition) is 2. The maximum absolute atomic E-state index is 8.84. The molecular weight excluding hydrogens is 226 g/mol. The van der Waals surface area contributed by atoms with Crippen LogP contribution in [0.2, 0.25) is 0 Å². The number of aliphatic hydroxyl groups excluding tert-OH is 1. The molecule has 0 bridgehead atoms. The second kappa shape index (κ2) is 4.85. The molecule has 1 atom stereocenters. The summed E-state index contributed by atoms with van der Waals surface area (Å²) >= 11 is 0. The summed E-state index contributed by atoms with van der Waals surface area (Å²) < 4.78 is 9.76. The van der Waals surface area contributed by atoms with E-state index >= 15 is 0 Å². The van der Waals surface area contributed by atoms with Gasteiger partial charge in [0.1, 0.15) is 11.7 Å². The highest BCUT2D eigenvalue weighted by molar-refractivity contribution is 5.47. The molecule has 0 aliphatic heterocycles. The zero-order valence-corrected chi connectivity index (χ0v) is 9.07. The van der Waals surface area contributed by atoms with Gasteiger partial charge in [-0.2, -0.15) is 4.98 Å². The number of methoxy groups -OCH3 is 1. The second-order valence-corrected chi connectivity index (χ2v) is 3.21. The van der Waals surface area contributed by atoms with E-state index in [-0.39, 0.29) is 18.3 Å². The van der Waals surface area contributed by atoms with Crippen LogP contribution in [0.3, 0.4) is 0 Å². The van der Waals surface area contributed by atoms with Crippen molar-refractivity contribution in [2.75, 3.05) is 13.7 Å². The van der Waals surface area contributed by atoms with Crippen LogP contribution < -0.4 is 10.5 Å². The highest BCUT2D eigenvalue weighted by Gasteiger charge is 2.15. The van der Waals surface area contributed by atoms with Crippen molar-refractivity contribution in [3.63, 3.8) is 0 Å². The van der Waals surface area contributed by atoms with Crippen molar-refractivity contribution < 1.29 is 14.4 Å². The molecule has 0 fully saturated rings. The molecule has 17 heavy (non-hydrogen) atoms. The van der Waals surface area contributed by atoms with Crippen LogP contribution in [0, 0.1) is 0 Å². The van der Waals surface area contributed by atoms with Gasteiger partial charge in [0.05, 0.1) is 13.7 Å². The molecule has 8 heteroatoms. The van der Waals surface area contributed by atoms with Crippen LogP contribution in [-0.4, -0.2) is 39.2 Å². The molecule has 8 nitrogen and oxygen atoms in total. The zero-order chi connectivity index (χ0) is 12.3. The molecule has 3 N–H and O–H groups in total. The maximum Gasteiger partial charge on any atom is 0.246 e. The third-order valence-corrected chi connectivity index (χ3v) is 2.03. The van der Waals surface area contributed by atoms with E-state index in [1.54, 1.807) is 12.1 Å². The average molecular weight is 237 g/mol. The van der Waals surface area contributed by atoms with Crippen molar-refractivity contribution in [2.45, 2.75) is 6.04 Å². The van der Waals surface area contributed by atoms with Gasteiger partial charge in [0.2, 0.25) is 17.6 Å². The predicted molar refractivity (Wildman–Crippen MR) is 55.9 cm³/mol. The Balaban J connectivity index is 2.24. The van der Waals surface area contributed by atoms with E-state index in [1.807, 2.05) is 0 Å². The minimum Gasteiger partial charge on any atom is -0.480 e. The van der Waals surface area contributed by atoms with Crippen LogP contribution in [0.15, 0.2) is 16.7 Å². The van der Waals surface area contributed by atoms with Gasteiger partial charge in [-0.3, -0.25) is 0 Å². The first kappa shape index (κ1) is 11.4. The maximum atomic E-state index is 8.84. The number of ether oxygens (including phenoxy) is 1. The van der Waals surface area contributed by atoms with Crippen molar-refractivity contribution in [2.24, 2.45) is 5.73 Å². The average Bonchev–Trinajstić information content (AvgIpc) is 2.87. The van der Waals surface area contributed by atoms with Gasteiger partial charge < -0.3 is 20.1 Å². The number of rotatable bonds is 4. The van der Waals surface area contributed by atoms with Crippen molar-refractivity contribution in [3.05, 3.63) is 18.0 Å². The molecule has 0 aliphatic carbocycles. The molecule has 90 valence electrons. The van der Waals surface area contributed by atoms with E-state index in [9.17, 15) is 0 Å². The lowest BCUT2D eigenvalue weighted by Gasteiger charge is -1.98. The van der Waals surface area contributed by atoms with Crippen molar-refractivity contribution in [1.82, 2.24) is 20.3 Å². The van der Waals surface area contributed by atoms with E-state index in [0.29, 0.717) is 11.6 Å². The summed E-state index contributed by atoms with van der Waals surface area (Å²) in [5, 5.41) is 20.2. The minimum atomic E-state index is -0.692. The third-order valence-electron chi connectivity index (χ3n) is 2.03. The Morgan fingerprint density at radius 2 is 2.29 bits per heavy atom. The highest BCUT2D eigenvalue weighted by atomic mass is 16.5. The van der Waals surface area contributed by atoms with E-state index in [2.05, 4.69) is 20.3 Å². The first-order valence-corrected chi connectivity index (χ1v) is 4.82. The first-order chi connectivity index (χ1) is 8.24. The SMILES string of the molecule is COc1ccc(-c2noc(C(N)CO)n2)nn1. The fourth-order valence-electron chi connectivity index (χ4n) is 1.12. The van der Waals surface area contributed by atoms with Gasteiger partial charge >= 0.3 is 0 Å². The van der Waals surface area contributed by atoms with E-state index in [4.69, 9.17) is 20.1 Å². The molecule has 2 aromatic heterocycles. The van der Waals surface area contributed by atoms with E-state index in [1.165, 1.54) is 7.11 Å². The Hall–Kier alpha value is -2.06. The Morgan fingerprint density at radius 3 is 2.88 bits per heavy atom. The Kier molecular flexibility index (Phi) is 3.26. The zero-order valence-electron chi connectivity index (χ0n) is 9.07. The molecule has 1 unspecified atom stereocenters. The molecule has 0 saturated heterocycles. The summed E-state index contributed by atoms with van der Waals surface area (Å²) in [6, 6.07) is 2.58. The van der Waals surface area contributed by atoms with Gasteiger partial charge in [-0.25, -0.2) is 0 Å². The van der Waals surface area contributed by atoms with Crippen molar-refractivity contribution >= 4 is 0 Å². The number of nitrogens with zero attached hydrogens (tertiary/aromatic N) is 4. The van der Waals surface area contributed by atoms with E-state index in [0.717, 1.165) is 0 Å². The minimum absolute atomic E-state index is 0.153. The van der Waals surface area contributed by atoms with E-state index < -0.39 is 6.04 Å². The number of hydrogen-bond acceptors (Lipinski definition) is 8. The fourth-order valence-corrected chi connectivity index (χ4v) is 1.12. The van der Waals surface area contributed by atoms with Crippen LogP contribution in [0.4, 0.5) is 0 Å². The molecule has 0 spiro atoms. The molecular formula is C9H11N5O3. The van der Waals surface area contributed by atoms with Gasteiger partial charge in [0, 0.05) is 6.07 Å². The summed E-state index contributed by atoms with van der Waals surface area (Å²) in [5.74, 6) is 0.809. The summed E-state index contributed by atoms with van der Waals surface area (Å²) in [6.07, 6.45) is 0. The summed E-state index contributed by atoms with van der Waals surface area (Å²) in [4.78, 5) is 4.00. The highest BCUT2D eigenvalue weighted by Crippen LogP contribution is 2.16. The van der Waals surface area contributed by atoms with Crippen LogP contribution in [0.1, 0.15) is 11.9 Å². The lowest BCUT2D eigenvalue weighted by atomic mass is 10.3. The largest absolute Gasteiger partial charge is 0.480 e. The van der Waals surface area contributed by atoms with Gasteiger partial charge in [-0.05, 0) is 6.07 Å². The molecule has 0 saturated carbocycles. The fraction of sp³-hybridized carbons (Fsp3) is 0.333. The van der Waals surface area contributed by atoms with Crippen LogP contribution in [0.25, 0.3) is 11.5 Å². The standard InChI is InChI=1S/C9H11N5O3/c1-16-7-3-2-6(12-13-7)8-11-9(17-14-8)5(10)4-15/h2-3,5,15H,4,10H2,1H3. The monoisotopic (exact) mass is 237 g/mol. The van der Waals surface area contributed by atoms with Gasteiger partial charge in [0.25, 0.3) is 0 Å². The molecule has 0 aromatic carbocycles. The molecule has 2 aromatic rings. The summed E-state index contributed by atoms with van der Waals surface area (Å²) in [7, 11) is 1.50. The molecule has 0 radical (unpaired) electrons. The number of nitrogens with two attached hydrogens (primary N) is 1. The Bertz CT molecular complexity index is 484. The number of aliphatic hydroxyl groups is 1. The summed E-state index contributed by atoms with van der Waals surface area (Å²) in [6.45, 7) is -0.268. The lowest BCUT2D eigenvalue weighted by Crippen LogP contribution is -2.14. The normalized spacial score (nSPS) is 12.4. The predicted octanol–water partition coefficient (Wildman–Crippen LogP) is -0.473. The smallest absolute Gasteiger partial charge is 0.246 e.